The molecule has 0 bridgehead atoms. The second-order valence-electron chi connectivity index (χ2n) is 8.10. The summed E-state index contributed by atoms with van der Waals surface area (Å²) in [6, 6.07) is 9.46. The molecule has 2 N–H and O–H groups in total. The van der Waals surface area contributed by atoms with Crippen molar-refractivity contribution >= 4 is 57.2 Å². The highest BCUT2D eigenvalue weighted by Crippen LogP contribution is 2.34. The molecule has 1 aliphatic rings. The van der Waals surface area contributed by atoms with Gasteiger partial charge in [-0.1, -0.05) is 48.2 Å². The Kier molecular flexibility index (Phi) is 6.22. The van der Waals surface area contributed by atoms with E-state index >= 15 is 0 Å². The summed E-state index contributed by atoms with van der Waals surface area (Å²) < 4.78 is 6.69. The zero-order chi connectivity index (χ0) is 22.9. The van der Waals surface area contributed by atoms with Crippen molar-refractivity contribution in [3.05, 3.63) is 62.0 Å². The molecule has 2 amide bonds. The Labute approximate surface area is 203 Å². The number of hydrazine groups is 1. The minimum atomic E-state index is -0.487. The summed E-state index contributed by atoms with van der Waals surface area (Å²) in [7, 11) is 0. The summed E-state index contributed by atoms with van der Waals surface area (Å²) in [5, 5.41) is 9.93. The van der Waals surface area contributed by atoms with Crippen LogP contribution in [-0.2, 0) is 18.6 Å². The molecule has 1 unspecified atom stereocenters. The van der Waals surface area contributed by atoms with Gasteiger partial charge in [-0.2, -0.15) is 0 Å². The minimum absolute atomic E-state index is 0.185. The highest BCUT2D eigenvalue weighted by atomic mass is 32.2. The maximum Gasteiger partial charge on any atom is 0.305 e. The molecule has 0 radical (unpaired) electrons. The van der Waals surface area contributed by atoms with Gasteiger partial charge in [-0.05, 0) is 49.8 Å². The average molecular weight is 499 g/mol. The number of nitrogens with zero attached hydrogens (tertiary/aromatic N) is 2. The fourth-order valence-corrected chi connectivity index (χ4v) is 6.89. The van der Waals surface area contributed by atoms with Gasteiger partial charge in [-0.25, -0.2) is 0 Å². The maximum absolute atomic E-state index is 13.0. The van der Waals surface area contributed by atoms with E-state index in [1.807, 2.05) is 37.3 Å². The van der Waals surface area contributed by atoms with Crippen LogP contribution in [-0.4, -0.2) is 22.0 Å². The molecule has 33 heavy (non-hydrogen) atoms. The van der Waals surface area contributed by atoms with Crippen molar-refractivity contribution in [2.45, 2.75) is 43.2 Å². The first-order valence-corrected chi connectivity index (χ1v) is 13.3. The van der Waals surface area contributed by atoms with Crippen LogP contribution < -0.4 is 10.9 Å². The number of rotatable bonds is 5. The van der Waals surface area contributed by atoms with Gasteiger partial charge in [0.05, 0.1) is 4.88 Å². The molecule has 7 nitrogen and oxygen atoms in total. The number of carbonyl (C=O) groups excluding carboxylic acids is 2. The Hall–Kier alpha value is -2.69. The number of fused-ring (bicyclic) bond motifs is 2. The zero-order valence-corrected chi connectivity index (χ0v) is 20.6. The Morgan fingerprint density at radius 2 is 2.00 bits per heavy atom. The van der Waals surface area contributed by atoms with Crippen LogP contribution in [0.15, 0.2) is 39.1 Å². The van der Waals surface area contributed by atoms with Crippen molar-refractivity contribution in [1.82, 2.24) is 21.0 Å². The Morgan fingerprint density at radius 1 is 1.18 bits per heavy atom. The molecule has 4 aromatic rings. The monoisotopic (exact) mass is 498 g/mol. The zero-order valence-electron chi connectivity index (χ0n) is 18.1. The number of hydrogen-bond acceptors (Lipinski definition) is 8. The second-order valence-corrected chi connectivity index (χ2v) is 11.6. The number of aromatic nitrogens is 2. The molecule has 0 fully saturated rings. The lowest BCUT2D eigenvalue weighted by atomic mass is 9.90. The molecule has 1 aliphatic carbocycles. The molecule has 0 saturated carbocycles. The third kappa shape index (κ3) is 4.68. The lowest BCUT2D eigenvalue weighted by Crippen LogP contribution is -2.41. The summed E-state index contributed by atoms with van der Waals surface area (Å²) in [5.74, 6) is 0.518. The lowest BCUT2D eigenvalue weighted by Gasteiger charge is -2.16. The summed E-state index contributed by atoms with van der Waals surface area (Å²) in [5.41, 5.74) is 7.71. The quantitative estimate of drug-likeness (QED) is 0.292. The van der Waals surface area contributed by atoms with Gasteiger partial charge >= 0.3 is 5.91 Å². The molecule has 5 rings (SSSR count). The fourth-order valence-electron chi connectivity index (χ4n) is 3.95. The highest BCUT2D eigenvalue weighted by molar-refractivity contribution is 8.00. The standard InChI is InChI=1S/C23H22N4O3S3/c1-12-7-8-18-14(9-12)10-19(33-18)21(28)25-26-22(29)20-16(11-31-23-27-24-13(2)32-23)15-5-3-4-6-17(15)30-20/h3-6,10,12H,7-9,11H2,1-2H3,(H,25,28)(H,26,29). The Bertz CT molecular complexity index is 1340. The molecule has 0 saturated heterocycles. The molecular formula is C23H22N4O3S3. The van der Waals surface area contributed by atoms with E-state index in [4.69, 9.17) is 4.42 Å². The molecule has 1 aromatic carbocycles. The first-order valence-electron chi connectivity index (χ1n) is 10.6. The van der Waals surface area contributed by atoms with Crippen molar-refractivity contribution in [2.75, 3.05) is 0 Å². The molecule has 3 heterocycles. The van der Waals surface area contributed by atoms with E-state index in [9.17, 15) is 9.59 Å². The number of thiophene rings is 1. The average Bonchev–Trinajstić information content (AvgIpc) is 3.51. The second kappa shape index (κ2) is 9.28. The lowest BCUT2D eigenvalue weighted by molar-refractivity contribution is 0.0833. The number of nitrogens with one attached hydrogen (secondary N) is 2. The molecule has 170 valence electrons. The molecule has 0 aliphatic heterocycles. The van der Waals surface area contributed by atoms with Gasteiger partial charge in [0, 0.05) is 21.6 Å². The number of hydrogen-bond donors (Lipinski definition) is 2. The van der Waals surface area contributed by atoms with Gasteiger partial charge < -0.3 is 4.42 Å². The third-order valence-corrected chi connectivity index (χ3v) is 8.83. The van der Waals surface area contributed by atoms with Crippen LogP contribution in [0.3, 0.4) is 0 Å². The molecule has 0 spiro atoms. The fraction of sp³-hybridized carbons (Fsp3) is 0.304. The van der Waals surface area contributed by atoms with Crippen molar-refractivity contribution in [1.29, 1.82) is 0 Å². The first kappa shape index (κ1) is 22.1. The van der Waals surface area contributed by atoms with Gasteiger partial charge in [-0.3, -0.25) is 20.4 Å². The Balaban J connectivity index is 1.31. The maximum atomic E-state index is 13.0. The molecule has 10 heteroatoms. The predicted octanol–water partition coefficient (Wildman–Crippen LogP) is 5.15. The number of benzene rings is 1. The molecule has 1 atom stereocenters. The normalized spacial score (nSPS) is 15.4. The van der Waals surface area contributed by atoms with E-state index in [1.165, 1.54) is 44.9 Å². The van der Waals surface area contributed by atoms with Crippen LogP contribution in [0.1, 0.15) is 54.6 Å². The van der Waals surface area contributed by atoms with Gasteiger partial charge in [0.15, 0.2) is 10.1 Å². The number of furan rings is 1. The van der Waals surface area contributed by atoms with Crippen molar-refractivity contribution < 1.29 is 14.0 Å². The summed E-state index contributed by atoms with van der Waals surface area (Å²) in [6.07, 6.45) is 3.16. The SMILES string of the molecule is Cc1nnc(SCc2c(C(=O)NNC(=O)c3cc4c(s3)CCC(C)C4)oc3ccccc23)s1. The van der Waals surface area contributed by atoms with E-state index in [-0.39, 0.29) is 11.7 Å². The summed E-state index contributed by atoms with van der Waals surface area (Å²) >= 11 is 4.51. The number of amides is 2. The van der Waals surface area contributed by atoms with Crippen LogP contribution in [0.5, 0.6) is 0 Å². The van der Waals surface area contributed by atoms with Gasteiger partial charge in [0.25, 0.3) is 5.91 Å². The number of para-hydroxylation sites is 1. The van der Waals surface area contributed by atoms with E-state index in [2.05, 4.69) is 28.0 Å². The van der Waals surface area contributed by atoms with Crippen LogP contribution in [0, 0.1) is 12.8 Å². The van der Waals surface area contributed by atoms with E-state index < -0.39 is 5.91 Å². The van der Waals surface area contributed by atoms with Crippen molar-refractivity contribution in [3.63, 3.8) is 0 Å². The topological polar surface area (TPSA) is 97.1 Å². The van der Waals surface area contributed by atoms with E-state index in [0.29, 0.717) is 22.1 Å². The minimum Gasteiger partial charge on any atom is -0.451 e. The number of aryl methyl sites for hydroxylation is 2. The highest BCUT2D eigenvalue weighted by Gasteiger charge is 2.24. The van der Waals surface area contributed by atoms with E-state index in [1.54, 1.807) is 0 Å². The largest absolute Gasteiger partial charge is 0.451 e. The number of carbonyl (C=O) groups is 2. The molecular weight excluding hydrogens is 476 g/mol. The van der Waals surface area contributed by atoms with Gasteiger partial charge in [-0.15, -0.1) is 21.5 Å². The van der Waals surface area contributed by atoms with Crippen LogP contribution in [0.2, 0.25) is 0 Å². The number of thioether (sulfide) groups is 1. The molecule has 3 aromatic heterocycles. The summed E-state index contributed by atoms with van der Waals surface area (Å²) in [6.45, 7) is 4.14. The Morgan fingerprint density at radius 3 is 2.82 bits per heavy atom. The first-order chi connectivity index (χ1) is 16.0. The third-order valence-electron chi connectivity index (χ3n) is 5.59. The van der Waals surface area contributed by atoms with Crippen molar-refractivity contribution in [2.24, 2.45) is 5.92 Å². The predicted molar refractivity (Wildman–Crippen MR) is 131 cm³/mol. The van der Waals surface area contributed by atoms with E-state index in [0.717, 1.165) is 39.6 Å². The smallest absolute Gasteiger partial charge is 0.305 e. The van der Waals surface area contributed by atoms with Crippen LogP contribution in [0.4, 0.5) is 0 Å². The van der Waals surface area contributed by atoms with Crippen LogP contribution >= 0.6 is 34.4 Å². The van der Waals surface area contributed by atoms with Gasteiger partial charge in [0.1, 0.15) is 10.6 Å². The van der Waals surface area contributed by atoms with Crippen molar-refractivity contribution in [3.8, 4) is 0 Å². The van der Waals surface area contributed by atoms with Gasteiger partial charge in [0.2, 0.25) is 0 Å². The summed E-state index contributed by atoms with van der Waals surface area (Å²) in [4.78, 5) is 27.5. The van der Waals surface area contributed by atoms with Crippen LogP contribution in [0.25, 0.3) is 11.0 Å².